The van der Waals surface area contributed by atoms with Crippen LogP contribution in [0.5, 0.6) is 5.75 Å². The highest BCUT2D eigenvalue weighted by molar-refractivity contribution is 6.66. The maximum atomic E-state index is 12.3. The Balaban J connectivity index is 1.81. The summed E-state index contributed by atoms with van der Waals surface area (Å²) in [5, 5.41) is -0.739. The molecule has 1 unspecified atom stereocenters. The molecule has 0 saturated carbocycles. The molecule has 1 aliphatic carbocycles. The average Bonchev–Trinajstić information content (AvgIpc) is 2.95. The summed E-state index contributed by atoms with van der Waals surface area (Å²) in [5.74, 6) is -1.29. The summed E-state index contributed by atoms with van der Waals surface area (Å²) < 4.78 is 5.37. The van der Waals surface area contributed by atoms with E-state index in [-0.39, 0.29) is 0 Å². The van der Waals surface area contributed by atoms with Crippen molar-refractivity contribution in [2.75, 3.05) is 0 Å². The van der Waals surface area contributed by atoms with Crippen LogP contribution in [0.3, 0.4) is 0 Å². The summed E-state index contributed by atoms with van der Waals surface area (Å²) in [4.78, 5) is 24.0. The summed E-state index contributed by atoms with van der Waals surface area (Å²) in [7, 11) is 0. The van der Waals surface area contributed by atoms with Crippen molar-refractivity contribution in [3.63, 3.8) is 0 Å². The van der Waals surface area contributed by atoms with Crippen LogP contribution in [-0.2, 0) is 22.4 Å². The SMILES string of the molecule is O=C(Cl)C(C(=O)Oc1ccc2c(c1)CCC2)c1ccccc1. The van der Waals surface area contributed by atoms with Crippen molar-refractivity contribution in [1.82, 2.24) is 0 Å². The van der Waals surface area contributed by atoms with Crippen LogP contribution in [0.1, 0.15) is 29.0 Å². The molecule has 0 heterocycles. The molecule has 0 bridgehead atoms. The van der Waals surface area contributed by atoms with Crippen LogP contribution in [0.25, 0.3) is 0 Å². The number of hydrogen-bond acceptors (Lipinski definition) is 3. The van der Waals surface area contributed by atoms with Crippen LogP contribution in [0.4, 0.5) is 0 Å². The van der Waals surface area contributed by atoms with Gasteiger partial charge in [-0.15, -0.1) is 0 Å². The summed E-state index contributed by atoms with van der Waals surface area (Å²) >= 11 is 5.59. The fourth-order valence-electron chi connectivity index (χ4n) is 2.79. The molecule has 112 valence electrons. The topological polar surface area (TPSA) is 43.4 Å². The molecule has 0 aromatic heterocycles. The smallest absolute Gasteiger partial charge is 0.327 e. The molecule has 2 aromatic rings. The molecule has 0 fully saturated rings. The van der Waals surface area contributed by atoms with E-state index in [0.29, 0.717) is 11.3 Å². The normalized spacial score (nSPS) is 14.2. The number of benzene rings is 2. The van der Waals surface area contributed by atoms with Crippen LogP contribution in [0.2, 0.25) is 0 Å². The molecule has 3 nitrogen and oxygen atoms in total. The second-order valence-corrected chi connectivity index (χ2v) is 5.73. The molecular formula is C18H15ClO3. The zero-order chi connectivity index (χ0) is 15.5. The molecule has 2 aromatic carbocycles. The maximum Gasteiger partial charge on any atom is 0.327 e. The first-order valence-corrected chi connectivity index (χ1v) is 7.61. The van der Waals surface area contributed by atoms with Gasteiger partial charge in [0.2, 0.25) is 5.24 Å². The van der Waals surface area contributed by atoms with Gasteiger partial charge in [-0.25, -0.2) is 0 Å². The van der Waals surface area contributed by atoms with Crippen molar-refractivity contribution in [3.8, 4) is 5.75 Å². The monoisotopic (exact) mass is 314 g/mol. The summed E-state index contributed by atoms with van der Waals surface area (Å²) in [6.07, 6.45) is 3.19. The minimum atomic E-state index is -1.10. The molecule has 1 aliphatic rings. The quantitative estimate of drug-likeness (QED) is 0.374. The predicted molar refractivity (Wildman–Crippen MR) is 84.1 cm³/mol. The van der Waals surface area contributed by atoms with Gasteiger partial charge in [-0.05, 0) is 59.7 Å². The van der Waals surface area contributed by atoms with Crippen molar-refractivity contribution in [2.24, 2.45) is 0 Å². The van der Waals surface area contributed by atoms with E-state index < -0.39 is 17.1 Å². The Bertz CT molecular complexity index is 710. The number of fused-ring (bicyclic) bond motifs is 1. The molecule has 3 rings (SSSR count). The molecular weight excluding hydrogens is 300 g/mol. The number of carbonyl (C=O) groups is 2. The van der Waals surface area contributed by atoms with E-state index in [4.69, 9.17) is 16.3 Å². The van der Waals surface area contributed by atoms with E-state index in [1.54, 1.807) is 30.3 Å². The standard InChI is InChI=1S/C18H15ClO3/c19-17(20)16(13-5-2-1-3-6-13)18(21)22-15-10-9-12-7-4-8-14(12)11-15/h1-3,5-6,9-11,16H,4,7-8H2. The number of carbonyl (C=O) groups excluding carboxylic acids is 2. The third-order valence-electron chi connectivity index (χ3n) is 3.88. The van der Waals surface area contributed by atoms with Crippen molar-refractivity contribution >= 4 is 22.8 Å². The van der Waals surface area contributed by atoms with Crippen molar-refractivity contribution < 1.29 is 14.3 Å². The molecule has 0 N–H and O–H groups in total. The lowest BCUT2D eigenvalue weighted by Gasteiger charge is -2.13. The Morgan fingerprint density at radius 1 is 1.00 bits per heavy atom. The second-order valence-electron chi connectivity index (χ2n) is 5.35. The van der Waals surface area contributed by atoms with Crippen molar-refractivity contribution in [1.29, 1.82) is 0 Å². The Labute approximate surface area is 133 Å². The average molecular weight is 315 g/mol. The number of ether oxygens (including phenoxy) is 1. The van der Waals surface area contributed by atoms with E-state index in [9.17, 15) is 9.59 Å². The lowest BCUT2D eigenvalue weighted by Crippen LogP contribution is -2.23. The van der Waals surface area contributed by atoms with Crippen molar-refractivity contribution in [3.05, 3.63) is 65.2 Å². The molecule has 0 amide bonds. The minimum Gasteiger partial charge on any atom is -0.426 e. The van der Waals surface area contributed by atoms with Crippen LogP contribution in [-0.4, -0.2) is 11.2 Å². The Morgan fingerprint density at radius 2 is 1.73 bits per heavy atom. The predicted octanol–water partition coefficient (Wildman–Crippen LogP) is 3.63. The molecule has 0 radical (unpaired) electrons. The molecule has 22 heavy (non-hydrogen) atoms. The number of esters is 1. The summed E-state index contributed by atoms with van der Waals surface area (Å²) in [6.45, 7) is 0. The van der Waals surface area contributed by atoms with Gasteiger partial charge in [0, 0.05) is 0 Å². The Morgan fingerprint density at radius 3 is 2.45 bits per heavy atom. The molecule has 1 atom stereocenters. The Hall–Kier alpha value is -2.13. The first kappa shape index (κ1) is 14.8. The molecule has 0 saturated heterocycles. The highest BCUT2D eigenvalue weighted by atomic mass is 35.5. The highest BCUT2D eigenvalue weighted by Gasteiger charge is 2.29. The van der Waals surface area contributed by atoms with Crippen LogP contribution in [0, 0.1) is 0 Å². The van der Waals surface area contributed by atoms with Crippen LogP contribution < -0.4 is 4.74 Å². The number of hydrogen-bond donors (Lipinski definition) is 0. The van der Waals surface area contributed by atoms with Crippen LogP contribution in [0.15, 0.2) is 48.5 Å². The fourth-order valence-corrected chi connectivity index (χ4v) is 3.01. The molecule has 0 spiro atoms. The first-order chi connectivity index (χ1) is 10.6. The highest BCUT2D eigenvalue weighted by Crippen LogP contribution is 2.28. The van der Waals surface area contributed by atoms with Gasteiger partial charge in [0.25, 0.3) is 0 Å². The number of rotatable bonds is 4. The first-order valence-electron chi connectivity index (χ1n) is 7.23. The Kier molecular flexibility index (Phi) is 4.25. The lowest BCUT2D eigenvalue weighted by molar-refractivity contribution is -0.138. The van der Waals surface area contributed by atoms with Gasteiger partial charge >= 0.3 is 5.97 Å². The van der Waals surface area contributed by atoms with Crippen LogP contribution >= 0.6 is 11.6 Å². The van der Waals surface area contributed by atoms with Crippen molar-refractivity contribution in [2.45, 2.75) is 25.2 Å². The zero-order valence-electron chi connectivity index (χ0n) is 11.9. The lowest BCUT2D eigenvalue weighted by atomic mass is 10.0. The minimum absolute atomic E-state index is 0.462. The third-order valence-corrected chi connectivity index (χ3v) is 4.10. The van der Waals surface area contributed by atoms with E-state index in [1.165, 1.54) is 11.1 Å². The third kappa shape index (κ3) is 3.04. The van der Waals surface area contributed by atoms with E-state index >= 15 is 0 Å². The second kappa shape index (κ2) is 6.32. The fraction of sp³-hybridized carbons (Fsp3) is 0.222. The summed E-state index contributed by atoms with van der Waals surface area (Å²) in [5.41, 5.74) is 3.04. The van der Waals surface area contributed by atoms with Gasteiger partial charge in [0.1, 0.15) is 5.75 Å². The summed E-state index contributed by atoms with van der Waals surface area (Å²) in [6, 6.07) is 14.3. The van der Waals surface area contributed by atoms with Gasteiger partial charge in [-0.1, -0.05) is 36.4 Å². The zero-order valence-corrected chi connectivity index (χ0v) is 12.7. The maximum absolute atomic E-state index is 12.3. The van der Waals surface area contributed by atoms with Gasteiger partial charge in [-0.2, -0.15) is 0 Å². The van der Waals surface area contributed by atoms with E-state index in [1.807, 2.05) is 18.2 Å². The van der Waals surface area contributed by atoms with Gasteiger partial charge in [0.05, 0.1) is 0 Å². The van der Waals surface area contributed by atoms with E-state index in [0.717, 1.165) is 19.3 Å². The molecule has 4 heteroatoms. The number of halogens is 1. The number of aryl methyl sites for hydroxylation is 2. The largest absolute Gasteiger partial charge is 0.426 e. The van der Waals surface area contributed by atoms with E-state index in [2.05, 4.69) is 0 Å². The van der Waals surface area contributed by atoms with Gasteiger partial charge in [0.15, 0.2) is 5.92 Å². The molecule has 0 aliphatic heterocycles. The van der Waals surface area contributed by atoms with Gasteiger partial charge in [-0.3, -0.25) is 9.59 Å². The van der Waals surface area contributed by atoms with Gasteiger partial charge < -0.3 is 4.74 Å².